The van der Waals surface area contributed by atoms with Gasteiger partial charge >= 0.3 is 0 Å². The molecule has 0 atom stereocenters. The Kier molecular flexibility index (Phi) is 3.71. The maximum Gasteiger partial charge on any atom is 0.236 e. The number of anilines is 1. The molecule has 5 nitrogen and oxygen atoms in total. The second-order valence-corrected chi connectivity index (χ2v) is 6.08. The number of imidazole rings is 1. The molecule has 0 amide bonds. The Hall–Kier alpha value is -2.08. The molecule has 1 heterocycles. The first-order valence-electron chi connectivity index (χ1n) is 5.70. The highest BCUT2D eigenvalue weighted by Crippen LogP contribution is 2.19. The van der Waals surface area contributed by atoms with E-state index < -0.39 is 10.0 Å². The van der Waals surface area contributed by atoms with Crippen LogP contribution in [0, 0.1) is 0 Å². The summed E-state index contributed by atoms with van der Waals surface area (Å²) in [6.45, 7) is 5.28. The van der Waals surface area contributed by atoms with Crippen molar-refractivity contribution in [3.8, 4) is 11.3 Å². The Morgan fingerprint density at radius 1 is 1.37 bits per heavy atom. The molecule has 0 bridgehead atoms. The smallest absolute Gasteiger partial charge is 0.236 e. The van der Waals surface area contributed by atoms with Crippen LogP contribution in [0.4, 0.5) is 5.69 Å². The number of nitrogens with zero attached hydrogens (tertiary/aromatic N) is 1. The van der Waals surface area contributed by atoms with Crippen LogP contribution in [0.25, 0.3) is 11.3 Å². The molecule has 0 unspecified atom stereocenters. The van der Waals surface area contributed by atoms with Gasteiger partial charge in [0.1, 0.15) is 0 Å². The number of nitrogens with one attached hydrogen (secondary N) is 2. The fourth-order valence-electron chi connectivity index (χ4n) is 1.67. The molecule has 19 heavy (non-hydrogen) atoms. The predicted molar refractivity (Wildman–Crippen MR) is 76.2 cm³/mol. The number of rotatable bonds is 5. The van der Waals surface area contributed by atoms with Crippen LogP contribution < -0.4 is 4.72 Å². The van der Waals surface area contributed by atoms with E-state index in [1.807, 2.05) is 12.1 Å². The zero-order valence-electron chi connectivity index (χ0n) is 10.6. The summed E-state index contributed by atoms with van der Waals surface area (Å²) in [7, 11) is -3.37. The second kappa shape index (κ2) is 5.27. The van der Waals surface area contributed by atoms with Gasteiger partial charge in [-0.15, -0.1) is 0 Å². The minimum absolute atomic E-state index is 0.0741. The van der Waals surface area contributed by atoms with Crippen LogP contribution in [0.2, 0.25) is 0 Å². The summed E-state index contributed by atoms with van der Waals surface area (Å²) in [5.41, 5.74) is 2.96. The molecule has 6 heteroatoms. The summed E-state index contributed by atoms with van der Waals surface area (Å²) in [5, 5.41) is 0. The number of hydrogen-bond donors (Lipinski definition) is 2. The van der Waals surface area contributed by atoms with Gasteiger partial charge < -0.3 is 4.98 Å². The van der Waals surface area contributed by atoms with Gasteiger partial charge in [-0.05, 0) is 24.6 Å². The molecule has 1 aromatic heterocycles. The van der Waals surface area contributed by atoms with Crippen molar-refractivity contribution >= 4 is 15.7 Å². The van der Waals surface area contributed by atoms with Crippen LogP contribution in [-0.4, -0.2) is 24.1 Å². The van der Waals surface area contributed by atoms with Gasteiger partial charge in [-0.2, -0.15) is 0 Å². The minimum Gasteiger partial charge on any atom is -0.345 e. The van der Waals surface area contributed by atoms with Crippen LogP contribution in [0.1, 0.15) is 6.92 Å². The van der Waals surface area contributed by atoms with Crippen molar-refractivity contribution in [2.45, 2.75) is 6.92 Å². The van der Waals surface area contributed by atoms with Gasteiger partial charge in [-0.25, -0.2) is 13.4 Å². The van der Waals surface area contributed by atoms with Crippen molar-refractivity contribution in [1.82, 2.24) is 9.97 Å². The molecular formula is C13H15N3O2S. The molecule has 2 rings (SSSR count). The van der Waals surface area contributed by atoms with E-state index in [1.165, 1.54) is 0 Å². The summed E-state index contributed by atoms with van der Waals surface area (Å²) in [5.74, 6) is -0.0741. The van der Waals surface area contributed by atoms with Gasteiger partial charge in [0.05, 0.1) is 24.0 Å². The van der Waals surface area contributed by atoms with Crippen molar-refractivity contribution < 1.29 is 8.42 Å². The maximum absolute atomic E-state index is 11.7. The molecular weight excluding hydrogens is 262 g/mol. The van der Waals surface area contributed by atoms with E-state index in [2.05, 4.69) is 21.3 Å². The van der Waals surface area contributed by atoms with E-state index in [4.69, 9.17) is 0 Å². The topological polar surface area (TPSA) is 74.8 Å². The van der Waals surface area contributed by atoms with Crippen LogP contribution in [0.3, 0.4) is 0 Å². The lowest BCUT2D eigenvalue weighted by atomic mass is 10.1. The Labute approximate surface area is 112 Å². The van der Waals surface area contributed by atoms with Crippen molar-refractivity contribution in [2.75, 3.05) is 10.5 Å². The molecule has 0 saturated heterocycles. The average Bonchev–Trinajstić information content (AvgIpc) is 2.81. The maximum atomic E-state index is 11.7. The summed E-state index contributed by atoms with van der Waals surface area (Å²) in [6, 6.07) is 7.08. The first-order valence-corrected chi connectivity index (χ1v) is 7.35. The van der Waals surface area contributed by atoms with E-state index in [1.54, 1.807) is 31.6 Å². The third-order valence-corrected chi connectivity index (χ3v) is 3.82. The van der Waals surface area contributed by atoms with E-state index in [0.29, 0.717) is 11.3 Å². The molecule has 0 radical (unpaired) electrons. The number of aromatic amines is 1. The molecule has 0 saturated carbocycles. The van der Waals surface area contributed by atoms with Crippen LogP contribution in [-0.2, 0) is 10.0 Å². The molecule has 0 spiro atoms. The average molecular weight is 277 g/mol. The van der Waals surface area contributed by atoms with E-state index in [-0.39, 0.29) is 5.75 Å². The van der Waals surface area contributed by atoms with E-state index >= 15 is 0 Å². The monoisotopic (exact) mass is 277 g/mol. The summed E-state index contributed by atoms with van der Waals surface area (Å²) < 4.78 is 26.0. The molecule has 2 aromatic rings. The van der Waals surface area contributed by atoms with Gasteiger partial charge in [0.25, 0.3) is 0 Å². The lowest BCUT2D eigenvalue weighted by molar-refractivity contribution is 0.603. The zero-order valence-corrected chi connectivity index (χ0v) is 11.4. The normalized spacial score (nSPS) is 11.2. The Morgan fingerprint density at radius 3 is 2.58 bits per heavy atom. The lowest BCUT2D eigenvalue weighted by Crippen LogP contribution is -2.16. The van der Waals surface area contributed by atoms with E-state index in [0.717, 1.165) is 11.3 Å². The summed E-state index contributed by atoms with van der Waals surface area (Å²) in [4.78, 5) is 6.92. The van der Waals surface area contributed by atoms with Gasteiger partial charge in [-0.1, -0.05) is 24.3 Å². The SMILES string of the molecule is C=C(C)CS(=O)(=O)Nc1ccc(-c2cnc[nH]2)cc1. The third-order valence-electron chi connectivity index (χ3n) is 2.40. The summed E-state index contributed by atoms with van der Waals surface area (Å²) in [6.07, 6.45) is 3.30. The Morgan fingerprint density at radius 2 is 2.05 bits per heavy atom. The van der Waals surface area contributed by atoms with Crippen LogP contribution in [0.5, 0.6) is 0 Å². The van der Waals surface area contributed by atoms with Crippen molar-refractivity contribution in [1.29, 1.82) is 0 Å². The van der Waals surface area contributed by atoms with Crippen molar-refractivity contribution in [2.24, 2.45) is 0 Å². The van der Waals surface area contributed by atoms with Crippen LogP contribution in [0.15, 0.2) is 48.9 Å². The van der Waals surface area contributed by atoms with Gasteiger partial charge in [0.15, 0.2) is 0 Å². The number of H-pyrrole nitrogens is 1. The summed E-state index contributed by atoms with van der Waals surface area (Å²) >= 11 is 0. The quantitative estimate of drug-likeness (QED) is 0.824. The molecule has 0 aliphatic rings. The van der Waals surface area contributed by atoms with Gasteiger partial charge in [0.2, 0.25) is 10.0 Å². The third kappa shape index (κ3) is 3.69. The highest BCUT2D eigenvalue weighted by molar-refractivity contribution is 7.92. The lowest BCUT2D eigenvalue weighted by Gasteiger charge is -2.08. The fraction of sp³-hybridized carbons (Fsp3) is 0.154. The molecule has 1 aromatic carbocycles. The molecule has 0 aliphatic heterocycles. The van der Waals surface area contributed by atoms with Crippen molar-refractivity contribution in [3.05, 3.63) is 48.9 Å². The largest absolute Gasteiger partial charge is 0.345 e. The van der Waals surface area contributed by atoms with Gasteiger partial charge in [-0.3, -0.25) is 4.72 Å². The number of benzene rings is 1. The minimum atomic E-state index is -3.37. The molecule has 100 valence electrons. The van der Waals surface area contributed by atoms with Crippen LogP contribution >= 0.6 is 0 Å². The highest BCUT2D eigenvalue weighted by atomic mass is 32.2. The standard InChI is InChI=1S/C13H15N3O2S/c1-10(2)8-19(17,18)16-12-5-3-11(4-6-12)13-7-14-9-15-13/h3-7,9,16H,1,8H2,2H3,(H,14,15). The molecule has 2 N–H and O–H groups in total. The zero-order chi connectivity index (χ0) is 13.9. The molecule has 0 aliphatic carbocycles. The first-order chi connectivity index (χ1) is 8.96. The molecule has 0 fully saturated rings. The number of hydrogen-bond acceptors (Lipinski definition) is 3. The Balaban J connectivity index is 2.13. The van der Waals surface area contributed by atoms with Gasteiger partial charge in [0, 0.05) is 5.69 Å². The Bertz CT molecular complexity index is 658. The highest BCUT2D eigenvalue weighted by Gasteiger charge is 2.10. The number of sulfonamides is 1. The van der Waals surface area contributed by atoms with E-state index in [9.17, 15) is 8.42 Å². The van der Waals surface area contributed by atoms with Crippen molar-refractivity contribution in [3.63, 3.8) is 0 Å². The number of aromatic nitrogens is 2. The second-order valence-electron chi connectivity index (χ2n) is 4.36. The fourth-order valence-corrected chi connectivity index (χ4v) is 2.89. The first kappa shape index (κ1) is 13.4. The predicted octanol–water partition coefficient (Wildman–Crippen LogP) is 2.39.